The maximum atomic E-state index is 4.58. The number of nitrogens with zero attached hydrogens (tertiary/aromatic N) is 2. The van der Waals surface area contributed by atoms with Crippen molar-refractivity contribution in [1.29, 1.82) is 0 Å². The number of rotatable bonds is 4. The van der Waals surface area contributed by atoms with E-state index in [0.29, 0.717) is 0 Å². The van der Waals surface area contributed by atoms with Crippen molar-refractivity contribution in [2.24, 2.45) is 5.92 Å². The van der Waals surface area contributed by atoms with E-state index in [-0.39, 0.29) is 0 Å². The second kappa shape index (κ2) is 4.27. The summed E-state index contributed by atoms with van der Waals surface area (Å²) in [5.74, 6) is 1.89. The lowest BCUT2D eigenvalue weighted by molar-refractivity contribution is 0.730. The molecule has 0 aliphatic heterocycles. The van der Waals surface area contributed by atoms with Gasteiger partial charge in [-0.25, -0.2) is 9.97 Å². The molecule has 1 aliphatic rings. The fourth-order valence-corrected chi connectivity index (χ4v) is 1.91. The Hall–Kier alpha value is -0.960. The zero-order valence-electron chi connectivity index (χ0n) is 9.80. The summed E-state index contributed by atoms with van der Waals surface area (Å²) in [5, 5.41) is 3.16. The Labute approximate surface area is 91.3 Å². The average Bonchev–Trinajstić information content (AvgIpc) is 2.95. The zero-order chi connectivity index (χ0) is 10.8. The molecule has 0 aromatic carbocycles. The van der Waals surface area contributed by atoms with E-state index in [4.69, 9.17) is 0 Å². The van der Waals surface area contributed by atoms with Crippen LogP contribution in [-0.4, -0.2) is 17.0 Å². The molecule has 0 radical (unpaired) electrons. The van der Waals surface area contributed by atoms with Crippen LogP contribution in [0.3, 0.4) is 0 Å². The molecule has 1 heterocycles. The molecular formula is C12H19N3. The molecule has 0 spiro atoms. The van der Waals surface area contributed by atoms with Crippen molar-refractivity contribution in [2.75, 3.05) is 7.05 Å². The van der Waals surface area contributed by atoms with Gasteiger partial charge in [0.25, 0.3) is 0 Å². The highest BCUT2D eigenvalue weighted by atomic mass is 14.9. The highest BCUT2D eigenvalue weighted by Gasteiger charge is 2.23. The van der Waals surface area contributed by atoms with Gasteiger partial charge in [-0.05, 0) is 39.7 Å². The van der Waals surface area contributed by atoms with Crippen LogP contribution in [-0.2, 0) is 13.0 Å². The van der Waals surface area contributed by atoms with Crippen molar-refractivity contribution < 1.29 is 0 Å². The third kappa shape index (κ3) is 2.53. The average molecular weight is 205 g/mol. The summed E-state index contributed by atoms with van der Waals surface area (Å²) in [6.45, 7) is 5.02. The normalized spacial score (nSPS) is 15.7. The molecule has 15 heavy (non-hydrogen) atoms. The van der Waals surface area contributed by atoms with Gasteiger partial charge in [0.2, 0.25) is 0 Å². The van der Waals surface area contributed by atoms with E-state index >= 15 is 0 Å². The second-order valence-corrected chi connectivity index (χ2v) is 4.47. The van der Waals surface area contributed by atoms with Gasteiger partial charge in [-0.3, -0.25) is 0 Å². The Kier molecular flexibility index (Phi) is 3.00. The van der Waals surface area contributed by atoms with Crippen LogP contribution in [0.5, 0.6) is 0 Å². The van der Waals surface area contributed by atoms with Crippen molar-refractivity contribution in [2.45, 2.75) is 39.7 Å². The molecule has 2 rings (SSSR count). The van der Waals surface area contributed by atoms with Crippen LogP contribution in [0.1, 0.15) is 35.6 Å². The molecule has 0 unspecified atom stereocenters. The van der Waals surface area contributed by atoms with E-state index in [2.05, 4.69) is 29.1 Å². The molecule has 1 aromatic heterocycles. The van der Waals surface area contributed by atoms with E-state index in [1.807, 2.05) is 7.05 Å². The van der Waals surface area contributed by atoms with E-state index in [9.17, 15) is 0 Å². The van der Waals surface area contributed by atoms with E-state index < -0.39 is 0 Å². The van der Waals surface area contributed by atoms with Gasteiger partial charge < -0.3 is 5.32 Å². The first kappa shape index (κ1) is 10.6. The van der Waals surface area contributed by atoms with Crippen LogP contribution in [0.15, 0.2) is 0 Å². The minimum atomic E-state index is 0.860. The third-order valence-electron chi connectivity index (χ3n) is 2.99. The quantitative estimate of drug-likeness (QED) is 0.814. The number of nitrogens with one attached hydrogen (secondary N) is 1. The summed E-state index contributed by atoms with van der Waals surface area (Å²) >= 11 is 0. The first-order valence-electron chi connectivity index (χ1n) is 5.68. The van der Waals surface area contributed by atoms with Crippen molar-refractivity contribution in [3.8, 4) is 0 Å². The summed E-state index contributed by atoms with van der Waals surface area (Å²) in [7, 11) is 1.96. The molecule has 3 nitrogen and oxygen atoms in total. The van der Waals surface area contributed by atoms with Gasteiger partial charge in [0, 0.05) is 29.9 Å². The summed E-state index contributed by atoms with van der Waals surface area (Å²) < 4.78 is 0. The fourth-order valence-electron chi connectivity index (χ4n) is 1.91. The van der Waals surface area contributed by atoms with E-state index in [0.717, 1.165) is 36.1 Å². The van der Waals surface area contributed by atoms with Crippen molar-refractivity contribution >= 4 is 0 Å². The van der Waals surface area contributed by atoms with Crippen molar-refractivity contribution in [1.82, 2.24) is 15.3 Å². The largest absolute Gasteiger partial charge is 0.316 e. The Morgan fingerprint density at radius 1 is 1.20 bits per heavy atom. The first-order chi connectivity index (χ1) is 7.20. The van der Waals surface area contributed by atoms with E-state index in [1.165, 1.54) is 18.4 Å². The molecular weight excluding hydrogens is 186 g/mol. The Morgan fingerprint density at radius 2 is 1.80 bits per heavy atom. The maximum Gasteiger partial charge on any atom is 0.129 e. The molecule has 1 aromatic rings. The van der Waals surface area contributed by atoms with Crippen molar-refractivity contribution in [3.05, 3.63) is 22.8 Å². The molecule has 0 saturated heterocycles. The van der Waals surface area contributed by atoms with Gasteiger partial charge in [0.05, 0.1) is 0 Å². The predicted molar refractivity (Wildman–Crippen MR) is 60.7 cm³/mol. The van der Waals surface area contributed by atoms with Gasteiger partial charge in [-0.15, -0.1) is 0 Å². The summed E-state index contributed by atoms with van der Waals surface area (Å²) in [6.07, 6.45) is 3.79. The Bertz CT molecular complexity index is 333. The molecule has 1 saturated carbocycles. The van der Waals surface area contributed by atoms with Crippen LogP contribution < -0.4 is 5.32 Å². The lowest BCUT2D eigenvalue weighted by atomic mass is 10.1. The van der Waals surface area contributed by atoms with Crippen LogP contribution in [0.4, 0.5) is 0 Å². The third-order valence-corrected chi connectivity index (χ3v) is 2.99. The van der Waals surface area contributed by atoms with Gasteiger partial charge in [-0.2, -0.15) is 0 Å². The first-order valence-corrected chi connectivity index (χ1v) is 5.68. The van der Waals surface area contributed by atoms with Gasteiger partial charge >= 0.3 is 0 Å². The highest BCUT2D eigenvalue weighted by Crippen LogP contribution is 2.31. The molecule has 0 amide bonds. The Morgan fingerprint density at radius 3 is 2.27 bits per heavy atom. The standard InChI is InChI=1S/C12H19N3/c1-8-11(7-13-3)9(2)15-12(14-8)6-10-4-5-10/h10,13H,4-7H2,1-3H3. The fraction of sp³-hybridized carbons (Fsp3) is 0.667. The molecule has 0 bridgehead atoms. The molecule has 1 aliphatic carbocycles. The molecule has 1 fully saturated rings. The van der Waals surface area contributed by atoms with Gasteiger partial charge in [0.1, 0.15) is 5.82 Å². The SMILES string of the molecule is CNCc1c(C)nc(CC2CC2)nc1C. The lowest BCUT2D eigenvalue weighted by Gasteiger charge is -2.10. The number of aromatic nitrogens is 2. The number of aryl methyl sites for hydroxylation is 2. The van der Waals surface area contributed by atoms with Crippen LogP contribution >= 0.6 is 0 Å². The second-order valence-electron chi connectivity index (χ2n) is 4.47. The minimum Gasteiger partial charge on any atom is -0.316 e. The topological polar surface area (TPSA) is 37.8 Å². The van der Waals surface area contributed by atoms with Crippen LogP contribution in [0.25, 0.3) is 0 Å². The van der Waals surface area contributed by atoms with Crippen molar-refractivity contribution in [3.63, 3.8) is 0 Å². The summed E-state index contributed by atoms with van der Waals surface area (Å²) in [4.78, 5) is 9.16. The van der Waals surface area contributed by atoms with Crippen LogP contribution in [0, 0.1) is 19.8 Å². The summed E-state index contributed by atoms with van der Waals surface area (Å²) in [5.41, 5.74) is 3.51. The maximum absolute atomic E-state index is 4.58. The summed E-state index contributed by atoms with van der Waals surface area (Å²) in [6, 6.07) is 0. The van der Waals surface area contributed by atoms with Gasteiger partial charge in [0.15, 0.2) is 0 Å². The lowest BCUT2D eigenvalue weighted by Crippen LogP contribution is -2.12. The number of hydrogen-bond donors (Lipinski definition) is 1. The monoisotopic (exact) mass is 205 g/mol. The molecule has 1 N–H and O–H groups in total. The zero-order valence-corrected chi connectivity index (χ0v) is 9.80. The minimum absolute atomic E-state index is 0.860. The smallest absolute Gasteiger partial charge is 0.129 e. The highest BCUT2D eigenvalue weighted by molar-refractivity contribution is 5.24. The molecule has 0 atom stereocenters. The molecule has 82 valence electrons. The Balaban J connectivity index is 2.20. The predicted octanol–water partition coefficient (Wildman–Crippen LogP) is 1.77. The molecule has 3 heteroatoms. The van der Waals surface area contributed by atoms with E-state index in [1.54, 1.807) is 0 Å². The number of hydrogen-bond acceptors (Lipinski definition) is 3. The van der Waals surface area contributed by atoms with Crippen LogP contribution in [0.2, 0.25) is 0 Å². The van der Waals surface area contributed by atoms with Gasteiger partial charge in [-0.1, -0.05) is 0 Å².